The Morgan fingerprint density at radius 3 is 2.50 bits per heavy atom. The highest BCUT2D eigenvalue weighted by atomic mass is 35.5. The first kappa shape index (κ1) is 7.30. The molecule has 0 atom stereocenters. The molecule has 0 aliphatic rings. The van der Waals surface area contributed by atoms with Gasteiger partial charge in [-0.25, -0.2) is 0 Å². The Labute approximate surface area is 53.9 Å². The lowest BCUT2D eigenvalue weighted by Crippen LogP contribution is -1.84. The van der Waals surface area contributed by atoms with Crippen molar-refractivity contribution >= 4 is 18.1 Å². The fraction of sp³-hybridized carbons (Fsp3) is 0.250. The molecule has 0 spiro atoms. The van der Waals surface area contributed by atoms with E-state index in [4.69, 9.17) is 5.73 Å². The van der Waals surface area contributed by atoms with Crippen LogP contribution in [0.15, 0.2) is 12.4 Å². The van der Waals surface area contributed by atoms with Crippen LogP contribution < -0.4 is 5.73 Å². The fourth-order valence-electron chi connectivity index (χ4n) is 0.440. The zero-order valence-electron chi connectivity index (χ0n) is 4.53. The third-order valence-electron chi connectivity index (χ3n) is 0.725. The Hall–Kier alpha value is -0.700. The molecule has 0 aliphatic carbocycles. The molecule has 0 radical (unpaired) electrons. The van der Waals surface area contributed by atoms with Crippen LogP contribution in [-0.4, -0.2) is 9.78 Å². The maximum Gasteiger partial charge on any atom is 0.0719 e. The van der Waals surface area contributed by atoms with Crippen LogP contribution in [0, 0.1) is 0 Å². The zero-order chi connectivity index (χ0) is 5.28. The zero-order valence-corrected chi connectivity index (χ0v) is 5.35. The van der Waals surface area contributed by atoms with E-state index >= 15 is 0 Å². The summed E-state index contributed by atoms with van der Waals surface area (Å²) in [6, 6.07) is 0. The Balaban J connectivity index is 0.000000490. The molecule has 3 nitrogen and oxygen atoms in total. The molecule has 0 saturated heterocycles. The Kier molecular flexibility index (Phi) is 2.34. The van der Waals surface area contributed by atoms with Gasteiger partial charge in [0.25, 0.3) is 0 Å². The number of nitrogens with zero attached hydrogens (tertiary/aromatic N) is 2. The molecule has 1 aromatic rings. The second-order valence-electron chi connectivity index (χ2n) is 1.45. The molecule has 0 saturated carbocycles. The van der Waals surface area contributed by atoms with E-state index < -0.39 is 0 Å². The predicted octanol–water partition coefficient (Wildman–Crippen LogP) is 0.424. The summed E-state index contributed by atoms with van der Waals surface area (Å²) in [5.41, 5.74) is 6.01. The molecule has 1 rings (SSSR count). The van der Waals surface area contributed by atoms with E-state index in [2.05, 4.69) is 5.10 Å². The van der Waals surface area contributed by atoms with Gasteiger partial charge in [-0.15, -0.1) is 12.4 Å². The number of aryl methyl sites for hydroxylation is 1. The van der Waals surface area contributed by atoms with Gasteiger partial charge in [-0.05, 0) is 0 Å². The van der Waals surface area contributed by atoms with Gasteiger partial charge in [0.2, 0.25) is 0 Å². The van der Waals surface area contributed by atoms with E-state index in [-0.39, 0.29) is 12.4 Å². The van der Waals surface area contributed by atoms with E-state index in [0.29, 0.717) is 5.69 Å². The van der Waals surface area contributed by atoms with Crippen molar-refractivity contribution in [3.8, 4) is 0 Å². The number of hydrogen-bond donors (Lipinski definition) is 1. The molecule has 1 heterocycles. The first-order valence-electron chi connectivity index (χ1n) is 2.03. The van der Waals surface area contributed by atoms with Gasteiger partial charge < -0.3 is 5.73 Å². The summed E-state index contributed by atoms with van der Waals surface area (Å²) in [5.74, 6) is 0. The molecule has 0 aliphatic heterocycles. The number of hydrogen-bond acceptors (Lipinski definition) is 2. The van der Waals surface area contributed by atoms with Gasteiger partial charge in [0.1, 0.15) is 0 Å². The monoisotopic (exact) mass is 133 g/mol. The standard InChI is InChI=1S/C4H7N3.ClH/c1-7-3-4(5)2-6-7;/h2-3H,5H2,1H3;1H. The van der Waals surface area contributed by atoms with Crippen LogP contribution in [0.5, 0.6) is 0 Å². The quantitative estimate of drug-likeness (QED) is 0.558. The number of halogens is 1. The molecule has 0 unspecified atom stereocenters. The largest absolute Gasteiger partial charge is 0.396 e. The van der Waals surface area contributed by atoms with Gasteiger partial charge in [0.15, 0.2) is 0 Å². The Morgan fingerprint density at radius 2 is 2.38 bits per heavy atom. The lowest BCUT2D eigenvalue weighted by Gasteiger charge is -1.78. The average Bonchev–Trinajstić information content (AvgIpc) is 1.87. The van der Waals surface area contributed by atoms with Gasteiger partial charge in [-0.1, -0.05) is 0 Å². The van der Waals surface area contributed by atoms with Crippen LogP contribution in [0.2, 0.25) is 0 Å². The molecule has 8 heavy (non-hydrogen) atoms. The lowest BCUT2D eigenvalue weighted by atomic mass is 10.6. The van der Waals surface area contributed by atoms with Gasteiger partial charge in [0.05, 0.1) is 11.9 Å². The second-order valence-corrected chi connectivity index (χ2v) is 1.45. The molecule has 0 fully saturated rings. The molecule has 2 N–H and O–H groups in total. The van der Waals surface area contributed by atoms with Crippen molar-refractivity contribution in [3.05, 3.63) is 12.4 Å². The maximum absolute atomic E-state index is 5.30. The van der Waals surface area contributed by atoms with Crippen molar-refractivity contribution in [2.45, 2.75) is 0 Å². The first-order chi connectivity index (χ1) is 3.29. The van der Waals surface area contributed by atoms with Crippen molar-refractivity contribution in [2.75, 3.05) is 5.73 Å². The number of aromatic nitrogens is 2. The van der Waals surface area contributed by atoms with Crippen LogP contribution >= 0.6 is 12.4 Å². The molecule has 0 amide bonds. The Morgan fingerprint density at radius 1 is 1.75 bits per heavy atom. The van der Waals surface area contributed by atoms with Crippen LogP contribution in [0.25, 0.3) is 0 Å². The lowest BCUT2D eigenvalue weighted by molar-refractivity contribution is 0.768. The highest BCUT2D eigenvalue weighted by Gasteiger charge is 1.82. The van der Waals surface area contributed by atoms with Crippen LogP contribution in [0.3, 0.4) is 0 Å². The molecule has 0 bridgehead atoms. The molecular weight excluding hydrogens is 126 g/mol. The van der Waals surface area contributed by atoms with E-state index in [1.165, 1.54) is 0 Å². The molecule has 0 aromatic carbocycles. The van der Waals surface area contributed by atoms with E-state index in [1.807, 2.05) is 7.05 Å². The number of nitrogen functional groups attached to an aromatic ring is 1. The summed E-state index contributed by atoms with van der Waals surface area (Å²) in [6.07, 6.45) is 3.36. The van der Waals surface area contributed by atoms with E-state index in [0.717, 1.165) is 0 Å². The molecule has 1 aromatic heterocycles. The number of anilines is 1. The van der Waals surface area contributed by atoms with Gasteiger partial charge >= 0.3 is 0 Å². The fourth-order valence-corrected chi connectivity index (χ4v) is 0.440. The predicted molar refractivity (Wildman–Crippen MR) is 34.9 cm³/mol. The molecular formula is C4H8ClN3. The van der Waals surface area contributed by atoms with Crippen LogP contribution in [-0.2, 0) is 7.05 Å². The third-order valence-corrected chi connectivity index (χ3v) is 0.725. The second kappa shape index (κ2) is 2.57. The molecule has 4 heteroatoms. The average molecular weight is 134 g/mol. The first-order valence-corrected chi connectivity index (χ1v) is 2.03. The summed E-state index contributed by atoms with van der Waals surface area (Å²) in [6.45, 7) is 0. The summed E-state index contributed by atoms with van der Waals surface area (Å²) >= 11 is 0. The normalized spacial score (nSPS) is 8.12. The molecule has 46 valence electrons. The topological polar surface area (TPSA) is 43.8 Å². The van der Waals surface area contributed by atoms with Crippen LogP contribution in [0.4, 0.5) is 5.69 Å². The number of rotatable bonds is 0. The summed E-state index contributed by atoms with van der Waals surface area (Å²) in [4.78, 5) is 0. The van der Waals surface area contributed by atoms with Crippen molar-refractivity contribution in [3.63, 3.8) is 0 Å². The highest BCUT2D eigenvalue weighted by molar-refractivity contribution is 5.85. The van der Waals surface area contributed by atoms with Crippen molar-refractivity contribution < 1.29 is 0 Å². The van der Waals surface area contributed by atoms with Crippen molar-refractivity contribution in [2.24, 2.45) is 7.05 Å². The minimum Gasteiger partial charge on any atom is -0.396 e. The van der Waals surface area contributed by atoms with Gasteiger partial charge in [0, 0.05) is 13.2 Å². The Bertz CT molecular complexity index is 144. The van der Waals surface area contributed by atoms with Gasteiger partial charge in [-0.2, -0.15) is 5.10 Å². The summed E-state index contributed by atoms with van der Waals surface area (Å²) in [5, 5.41) is 3.81. The minimum atomic E-state index is 0. The van der Waals surface area contributed by atoms with Gasteiger partial charge in [-0.3, -0.25) is 4.68 Å². The SMILES string of the molecule is Cl.Cn1cc(N)cn1. The highest BCUT2D eigenvalue weighted by Crippen LogP contribution is 1.92. The number of nitrogens with two attached hydrogens (primary N) is 1. The third kappa shape index (κ3) is 1.42. The summed E-state index contributed by atoms with van der Waals surface area (Å²) in [7, 11) is 1.83. The van der Waals surface area contributed by atoms with Crippen molar-refractivity contribution in [1.29, 1.82) is 0 Å². The van der Waals surface area contributed by atoms with E-state index in [1.54, 1.807) is 17.1 Å². The van der Waals surface area contributed by atoms with Crippen LogP contribution in [0.1, 0.15) is 0 Å². The maximum atomic E-state index is 5.30. The van der Waals surface area contributed by atoms with E-state index in [9.17, 15) is 0 Å². The smallest absolute Gasteiger partial charge is 0.0719 e. The summed E-state index contributed by atoms with van der Waals surface area (Å²) < 4.78 is 1.66. The minimum absolute atomic E-state index is 0. The van der Waals surface area contributed by atoms with Crippen molar-refractivity contribution in [1.82, 2.24) is 9.78 Å².